The lowest BCUT2D eigenvalue weighted by Crippen LogP contribution is -2.43. The van der Waals surface area contributed by atoms with Crippen molar-refractivity contribution in [1.29, 1.82) is 0 Å². The van der Waals surface area contributed by atoms with Gasteiger partial charge in [-0.2, -0.15) is 11.8 Å². The van der Waals surface area contributed by atoms with E-state index in [1.807, 2.05) is 20.8 Å². The fourth-order valence-electron chi connectivity index (χ4n) is 1.25. The molecule has 0 fully saturated rings. The number of hydrogen-bond acceptors (Lipinski definition) is 4. The van der Waals surface area contributed by atoms with E-state index in [1.54, 1.807) is 4.90 Å². The molecule has 6 heteroatoms. The third-order valence-electron chi connectivity index (χ3n) is 2.01. The van der Waals surface area contributed by atoms with Gasteiger partial charge in [0.05, 0.1) is 12.3 Å². The zero-order valence-electron chi connectivity index (χ0n) is 10.9. The smallest absolute Gasteiger partial charge is 0.239 e. The molecule has 0 aliphatic rings. The lowest BCUT2D eigenvalue weighted by Gasteiger charge is -2.20. The van der Waals surface area contributed by atoms with E-state index in [0.717, 1.165) is 5.75 Å². The summed E-state index contributed by atoms with van der Waals surface area (Å²) in [5.74, 6) is 1.03. The van der Waals surface area contributed by atoms with Crippen molar-refractivity contribution in [2.45, 2.75) is 26.8 Å². The Morgan fingerprint density at radius 1 is 1.41 bits per heavy atom. The first-order valence-corrected chi connectivity index (χ1v) is 7.01. The number of carbonyl (C=O) groups excluding carboxylic acids is 2. The third-order valence-corrected chi connectivity index (χ3v) is 2.98. The largest absolute Gasteiger partial charge is 0.352 e. The van der Waals surface area contributed by atoms with Gasteiger partial charge < -0.3 is 16.0 Å². The average molecular weight is 261 g/mol. The summed E-state index contributed by atoms with van der Waals surface area (Å²) in [5, 5.41) is 2.77. The number of carbonyl (C=O) groups is 2. The minimum atomic E-state index is -0.112. The van der Waals surface area contributed by atoms with Crippen LogP contribution in [0.2, 0.25) is 0 Å². The first-order valence-electron chi connectivity index (χ1n) is 5.86. The summed E-state index contributed by atoms with van der Waals surface area (Å²) in [5.41, 5.74) is 5.35. The van der Waals surface area contributed by atoms with Crippen molar-refractivity contribution in [1.82, 2.24) is 10.2 Å². The highest BCUT2D eigenvalue weighted by molar-refractivity contribution is 7.99. The lowest BCUT2D eigenvalue weighted by molar-refractivity contribution is -0.134. The van der Waals surface area contributed by atoms with Gasteiger partial charge in [0.1, 0.15) is 0 Å². The van der Waals surface area contributed by atoms with Crippen LogP contribution < -0.4 is 11.1 Å². The number of likely N-dealkylation sites (N-methyl/N-ethyl adjacent to an activating group) is 1. The van der Waals surface area contributed by atoms with Crippen molar-refractivity contribution in [2.24, 2.45) is 5.73 Å². The molecule has 0 aliphatic carbocycles. The van der Waals surface area contributed by atoms with Gasteiger partial charge in [-0.1, -0.05) is 0 Å². The van der Waals surface area contributed by atoms with Crippen LogP contribution in [0.1, 0.15) is 20.8 Å². The maximum absolute atomic E-state index is 11.8. The zero-order valence-corrected chi connectivity index (χ0v) is 11.7. The molecule has 17 heavy (non-hydrogen) atoms. The minimum Gasteiger partial charge on any atom is -0.352 e. The highest BCUT2D eigenvalue weighted by Crippen LogP contribution is 2.01. The molecule has 0 saturated heterocycles. The summed E-state index contributed by atoms with van der Waals surface area (Å²) in [6.45, 7) is 6.91. The molecule has 3 N–H and O–H groups in total. The van der Waals surface area contributed by atoms with Crippen molar-refractivity contribution in [3.8, 4) is 0 Å². The zero-order chi connectivity index (χ0) is 13.3. The molecule has 0 aromatic carbocycles. The van der Waals surface area contributed by atoms with Gasteiger partial charge in [0.25, 0.3) is 0 Å². The molecule has 0 radical (unpaired) electrons. The average Bonchev–Trinajstić information content (AvgIpc) is 2.25. The highest BCUT2D eigenvalue weighted by atomic mass is 32.2. The van der Waals surface area contributed by atoms with Crippen LogP contribution in [0.25, 0.3) is 0 Å². The normalized spacial score (nSPS) is 10.4. The Morgan fingerprint density at radius 2 is 2.06 bits per heavy atom. The van der Waals surface area contributed by atoms with Crippen LogP contribution >= 0.6 is 11.8 Å². The number of thioether (sulfide) groups is 1. The number of hydrogen-bond donors (Lipinski definition) is 2. The van der Waals surface area contributed by atoms with Crippen molar-refractivity contribution in [2.75, 3.05) is 31.1 Å². The summed E-state index contributed by atoms with van der Waals surface area (Å²) in [6.07, 6.45) is 0. The van der Waals surface area contributed by atoms with Crippen molar-refractivity contribution < 1.29 is 9.59 Å². The molecule has 0 aromatic heterocycles. The van der Waals surface area contributed by atoms with E-state index in [2.05, 4.69) is 5.32 Å². The first-order chi connectivity index (χ1) is 8.01. The molecule has 0 unspecified atom stereocenters. The molecular weight excluding hydrogens is 238 g/mol. The molecule has 0 aromatic rings. The number of nitrogens with zero attached hydrogens (tertiary/aromatic N) is 1. The van der Waals surface area contributed by atoms with E-state index in [9.17, 15) is 9.59 Å². The molecule has 0 atom stereocenters. The summed E-state index contributed by atoms with van der Waals surface area (Å²) in [7, 11) is 0. The van der Waals surface area contributed by atoms with Crippen LogP contribution in [0.5, 0.6) is 0 Å². The second-order valence-corrected chi connectivity index (χ2v) is 5.08. The molecule has 0 saturated carbocycles. The maximum atomic E-state index is 11.8. The summed E-state index contributed by atoms with van der Waals surface area (Å²) < 4.78 is 0. The van der Waals surface area contributed by atoms with Gasteiger partial charge in [0, 0.05) is 24.9 Å². The van der Waals surface area contributed by atoms with Gasteiger partial charge in [-0.05, 0) is 20.8 Å². The van der Waals surface area contributed by atoms with E-state index in [1.165, 1.54) is 11.8 Å². The van der Waals surface area contributed by atoms with Crippen molar-refractivity contribution in [3.05, 3.63) is 0 Å². The Kier molecular flexibility index (Phi) is 8.89. The van der Waals surface area contributed by atoms with Gasteiger partial charge in [0.15, 0.2) is 0 Å². The Morgan fingerprint density at radius 3 is 2.53 bits per heavy atom. The first kappa shape index (κ1) is 16.2. The Labute approximate surface area is 107 Å². The lowest BCUT2D eigenvalue weighted by atomic mass is 10.3. The van der Waals surface area contributed by atoms with E-state index in [4.69, 9.17) is 5.73 Å². The fourth-order valence-corrected chi connectivity index (χ4v) is 1.92. The van der Waals surface area contributed by atoms with E-state index in [-0.39, 0.29) is 24.4 Å². The molecule has 0 bridgehead atoms. The van der Waals surface area contributed by atoms with Crippen LogP contribution in [-0.2, 0) is 9.59 Å². The highest BCUT2D eigenvalue weighted by Gasteiger charge is 2.15. The molecule has 2 amide bonds. The quantitative estimate of drug-likeness (QED) is 0.606. The topological polar surface area (TPSA) is 75.4 Å². The maximum Gasteiger partial charge on any atom is 0.239 e. The predicted octanol–water partition coefficient (Wildman–Crippen LogP) is 0.0514. The van der Waals surface area contributed by atoms with Gasteiger partial charge in [-0.25, -0.2) is 0 Å². The van der Waals surface area contributed by atoms with Crippen LogP contribution in [0.4, 0.5) is 0 Å². The molecule has 0 heterocycles. The predicted molar refractivity (Wildman–Crippen MR) is 71.9 cm³/mol. The third kappa shape index (κ3) is 8.04. The molecule has 0 aliphatic heterocycles. The minimum absolute atomic E-state index is 0.00939. The summed E-state index contributed by atoms with van der Waals surface area (Å²) in [4.78, 5) is 24.8. The number of nitrogens with one attached hydrogen (secondary N) is 1. The van der Waals surface area contributed by atoms with Crippen LogP contribution in [0, 0.1) is 0 Å². The van der Waals surface area contributed by atoms with Crippen LogP contribution in [0.15, 0.2) is 0 Å². The standard InChI is InChI=1S/C11H23N3O2S/c1-4-14(7-10(15)13-9(2)3)11(16)8-17-6-5-12/h9H,4-8,12H2,1-3H3,(H,13,15). The van der Waals surface area contributed by atoms with Crippen LogP contribution in [-0.4, -0.2) is 53.9 Å². The molecular formula is C11H23N3O2S. The number of rotatable bonds is 8. The second kappa shape index (κ2) is 9.30. The van der Waals surface area contributed by atoms with E-state index < -0.39 is 0 Å². The Hall–Kier alpha value is -0.750. The number of nitrogens with two attached hydrogens (primary N) is 1. The summed E-state index contributed by atoms with van der Waals surface area (Å²) in [6, 6.07) is 0.0999. The second-order valence-electron chi connectivity index (χ2n) is 3.97. The van der Waals surface area contributed by atoms with Gasteiger partial charge in [-0.15, -0.1) is 0 Å². The molecule has 5 nitrogen and oxygen atoms in total. The Bertz CT molecular complexity index is 247. The van der Waals surface area contributed by atoms with Gasteiger partial charge in [-0.3, -0.25) is 9.59 Å². The van der Waals surface area contributed by atoms with E-state index >= 15 is 0 Å². The summed E-state index contributed by atoms with van der Waals surface area (Å²) >= 11 is 1.50. The monoisotopic (exact) mass is 261 g/mol. The van der Waals surface area contributed by atoms with E-state index in [0.29, 0.717) is 18.8 Å². The van der Waals surface area contributed by atoms with Gasteiger partial charge >= 0.3 is 0 Å². The number of amides is 2. The van der Waals surface area contributed by atoms with Gasteiger partial charge in [0.2, 0.25) is 11.8 Å². The molecule has 100 valence electrons. The van der Waals surface area contributed by atoms with Crippen molar-refractivity contribution >= 4 is 23.6 Å². The fraction of sp³-hybridized carbons (Fsp3) is 0.818. The van der Waals surface area contributed by atoms with Crippen molar-refractivity contribution in [3.63, 3.8) is 0 Å². The Balaban J connectivity index is 4.04. The SMILES string of the molecule is CCN(CC(=O)NC(C)C)C(=O)CSCCN. The van der Waals surface area contributed by atoms with Crippen LogP contribution in [0.3, 0.4) is 0 Å². The molecule has 0 rings (SSSR count). The molecule has 0 spiro atoms.